The monoisotopic (exact) mass is 249 g/mol. The molecule has 0 spiro atoms. The summed E-state index contributed by atoms with van der Waals surface area (Å²) in [6.45, 7) is 0.437. The molecule has 1 aromatic rings. The van der Waals surface area contributed by atoms with Gasteiger partial charge < -0.3 is 5.32 Å². The summed E-state index contributed by atoms with van der Waals surface area (Å²) in [5, 5.41) is 2.69. The Hall–Kier alpha value is -0.800. The van der Waals surface area contributed by atoms with Crippen LogP contribution in [-0.2, 0) is 11.2 Å². The van der Waals surface area contributed by atoms with Gasteiger partial charge in [0.25, 0.3) is 0 Å². The van der Waals surface area contributed by atoms with E-state index in [-0.39, 0.29) is 16.8 Å². The predicted molar refractivity (Wildman–Crippen MR) is 58.8 cm³/mol. The van der Waals surface area contributed by atoms with E-state index >= 15 is 0 Å². The lowest BCUT2D eigenvalue weighted by Gasteiger charge is -2.03. The Kier molecular flexibility index (Phi) is 4.85. The largest absolute Gasteiger partial charge is 0.355 e. The van der Waals surface area contributed by atoms with E-state index in [0.29, 0.717) is 13.0 Å². The minimum absolute atomic E-state index is 0.0605. The van der Waals surface area contributed by atoms with Crippen LogP contribution in [0.5, 0.6) is 0 Å². The van der Waals surface area contributed by atoms with E-state index in [0.717, 1.165) is 5.56 Å². The second-order valence-electron chi connectivity index (χ2n) is 2.98. The number of amides is 1. The standard InChI is InChI=1S/C10H10Cl2FNO/c11-6-10(15)14-4-3-7-1-2-8(12)9(13)5-7/h1-2,5H,3-4,6H2,(H,14,15). The summed E-state index contributed by atoms with van der Waals surface area (Å²) in [5.41, 5.74) is 0.784. The fraction of sp³-hybridized carbons (Fsp3) is 0.300. The van der Waals surface area contributed by atoms with Gasteiger partial charge in [-0.15, -0.1) is 11.6 Å². The molecule has 1 aromatic carbocycles. The topological polar surface area (TPSA) is 29.1 Å². The van der Waals surface area contributed by atoms with Crippen molar-refractivity contribution in [2.24, 2.45) is 0 Å². The number of carbonyl (C=O) groups is 1. The summed E-state index contributed by atoms with van der Waals surface area (Å²) in [7, 11) is 0. The molecule has 1 amide bonds. The second kappa shape index (κ2) is 5.93. The SMILES string of the molecule is O=C(CCl)NCCc1ccc(Cl)c(F)c1. The molecule has 0 saturated heterocycles. The number of rotatable bonds is 4. The van der Waals surface area contributed by atoms with Crippen molar-refractivity contribution < 1.29 is 9.18 Å². The molecule has 0 unspecified atom stereocenters. The van der Waals surface area contributed by atoms with E-state index in [2.05, 4.69) is 5.32 Å². The molecule has 0 heterocycles. The molecule has 2 nitrogen and oxygen atoms in total. The fourth-order valence-electron chi connectivity index (χ4n) is 1.09. The molecule has 0 aliphatic heterocycles. The maximum absolute atomic E-state index is 13.0. The van der Waals surface area contributed by atoms with Gasteiger partial charge in [0.2, 0.25) is 5.91 Å². The smallest absolute Gasteiger partial charge is 0.234 e. The van der Waals surface area contributed by atoms with Crippen molar-refractivity contribution in [2.45, 2.75) is 6.42 Å². The first-order valence-corrected chi connectivity index (χ1v) is 5.31. The Balaban J connectivity index is 2.44. The van der Waals surface area contributed by atoms with Crippen LogP contribution in [0.1, 0.15) is 5.56 Å². The Morgan fingerprint density at radius 1 is 1.47 bits per heavy atom. The Labute approximate surface area is 97.4 Å². The van der Waals surface area contributed by atoms with Crippen LogP contribution < -0.4 is 5.32 Å². The summed E-state index contributed by atoms with van der Waals surface area (Å²) < 4.78 is 13.0. The number of alkyl halides is 1. The van der Waals surface area contributed by atoms with Gasteiger partial charge in [0.15, 0.2) is 0 Å². The third kappa shape index (κ3) is 4.06. The first-order valence-electron chi connectivity index (χ1n) is 4.40. The molecule has 0 aliphatic carbocycles. The number of nitrogens with one attached hydrogen (secondary N) is 1. The molecule has 1 rings (SSSR count). The minimum atomic E-state index is -0.446. The van der Waals surface area contributed by atoms with Crippen LogP contribution in [0, 0.1) is 5.82 Å². The Morgan fingerprint density at radius 3 is 2.80 bits per heavy atom. The molecule has 0 aromatic heterocycles. The molecule has 5 heteroatoms. The van der Waals surface area contributed by atoms with Crippen molar-refractivity contribution in [3.8, 4) is 0 Å². The van der Waals surface area contributed by atoms with Gasteiger partial charge >= 0.3 is 0 Å². The van der Waals surface area contributed by atoms with Crippen LogP contribution in [0.2, 0.25) is 5.02 Å². The lowest BCUT2D eigenvalue weighted by Crippen LogP contribution is -2.26. The molecular weight excluding hydrogens is 240 g/mol. The second-order valence-corrected chi connectivity index (χ2v) is 3.66. The van der Waals surface area contributed by atoms with Crippen molar-refractivity contribution >= 4 is 29.1 Å². The van der Waals surface area contributed by atoms with Crippen LogP contribution in [-0.4, -0.2) is 18.3 Å². The number of benzene rings is 1. The summed E-state index contributed by atoms with van der Waals surface area (Å²) >= 11 is 10.8. The van der Waals surface area contributed by atoms with Gasteiger partial charge in [-0.05, 0) is 24.1 Å². The highest BCUT2D eigenvalue weighted by Crippen LogP contribution is 2.15. The lowest BCUT2D eigenvalue weighted by molar-refractivity contribution is -0.118. The highest BCUT2D eigenvalue weighted by atomic mass is 35.5. The van der Waals surface area contributed by atoms with Gasteiger partial charge in [0, 0.05) is 6.54 Å². The van der Waals surface area contributed by atoms with E-state index < -0.39 is 5.82 Å². The zero-order valence-corrected chi connectivity index (χ0v) is 9.41. The first-order chi connectivity index (χ1) is 7.13. The van der Waals surface area contributed by atoms with Gasteiger partial charge in [0.1, 0.15) is 11.7 Å². The van der Waals surface area contributed by atoms with Gasteiger partial charge in [0.05, 0.1) is 5.02 Å². The van der Waals surface area contributed by atoms with Crippen molar-refractivity contribution in [1.29, 1.82) is 0 Å². The van der Waals surface area contributed by atoms with Gasteiger partial charge in [-0.25, -0.2) is 4.39 Å². The summed E-state index contributed by atoms with van der Waals surface area (Å²) in [5.74, 6) is -0.737. The van der Waals surface area contributed by atoms with Crippen LogP contribution in [0.15, 0.2) is 18.2 Å². The normalized spacial score (nSPS) is 10.1. The predicted octanol–water partition coefficient (Wildman–Crippen LogP) is 2.38. The summed E-state index contributed by atoms with van der Waals surface area (Å²) in [6, 6.07) is 4.57. The van der Waals surface area contributed by atoms with E-state index in [9.17, 15) is 9.18 Å². The van der Waals surface area contributed by atoms with E-state index in [4.69, 9.17) is 23.2 Å². The highest BCUT2D eigenvalue weighted by Gasteiger charge is 2.02. The summed E-state index contributed by atoms with van der Waals surface area (Å²) in [4.78, 5) is 10.8. The highest BCUT2D eigenvalue weighted by molar-refractivity contribution is 6.30. The first kappa shape index (κ1) is 12.3. The van der Waals surface area contributed by atoms with Crippen LogP contribution in [0.4, 0.5) is 4.39 Å². The van der Waals surface area contributed by atoms with E-state index in [1.807, 2.05) is 0 Å². The number of hydrogen-bond donors (Lipinski definition) is 1. The van der Waals surface area contributed by atoms with Gasteiger partial charge in [-0.2, -0.15) is 0 Å². The zero-order chi connectivity index (χ0) is 11.3. The van der Waals surface area contributed by atoms with Crippen LogP contribution in [0.25, 0.3) is 0 Å². The lowest BCUT2D eigenvalue weighted by atomic mass is 10.1. The summed E-state index contributed by atoms with van der Waals surface area (Å²) in [6.07, 6.45) is 0.552. The minimum Gasteiger partial charge on any atom is -0.355 e. The quantitative estimate of drug-likeness (QED) is 0.816. The van der Waals surface area contributed by atoms with Crippen molar-refractivity contribution in [2.75, 3.05) is 12.4 Å². The van der Waals surface area contributed by atoms with Crippen LogP contribution in [0.3, 0.4) is 0 Å². The average molecular weight is 250 g/mol. The molecule has 15 heavy (non-hydrogen) atoms. The van der Waals surface area contributed by atoms with Gasteiger partial charge in [-0.3, -0.25) is 4.79 Å². The fourth-order valence-corrected chi connectivity index (χ4v) is 1.30. The molecule has 1 N–H and O–H groups in total. The molecule has 0 fully saturated rings. The molecule has 0 saturated carbocycles. The van der Waals surface area contributed by atoms with E-state index in [1.165, 1.54) is 12.1 Å². The third-order valence-electron chi connectivity index (χ3n) is 1.84. The van der Waals surface area contributed by atoms with Crippen molar-refractivity contribution in [1.82, 2.24) is 5.32 Å². The third-order valence-corrected chi connectivity index (χ3v) is 2.39. The Bertz CT molecular complexity index is 357. The number of halogens is 3. The maximum Gasteiger partial charge on any atom is 0.234 e. The van der Waals surface area contributed by atoms with Crippen molar-refractivity contribution in [3.05, 3.63) is 34.6 Å². The van der Waals surface area contributed by atoms with Crippen LogP contribution >= 0.6 is 23.2 Å². The number of hydrogen-bond acceptors (Lipinski definition) is 1. The van der Waals surface area contributed by atoms with Gasteiger partial charge in [-0.1, -0.05) is 17.7 Å². The number of carbonyl (C=O) groups excluding carboxylic acids is 1. The molecular formula is C10H10Cl2FNO. The molecule has 0 aliphatic rings. The average Bonchev–Trinajstić information content (AvgIpc) is 2.23. The van der Waals surface area contributed by atoms with Crippen molar-refractivity contribution in [3.63, 3.8) is 0 Å². The zero-order valence-electron chi connectivity index (χ0n) is 7.90. The molecule has 0 bridgehead atoms. The molecule has 0 radical (unpaired) electrons. The molecule has 82 valence electrons. The molecule has 0 atom stereocenters. The van der Waals surface area contributed by atoms with E-state index in [1.54, 1.807) is 6.07 Å². The maximum atomic E-state index is 13.0. The Morgan fingerprint density at radius 2 is 2.20 bits per heavy atom.